The zero-order chi connectivity index (χ0) is 9.10. The van der Waals surface area contributed by atoms with Crippen LogP contribution in [0.5, 0.6) is 0 Å². The number of hydrogen-bond donors (Lipinski definition) is 1. The third kappa shape index (κ3) is 2.06. The van der Waals surface area contributed by atoms with Crippen LogP contribution in [0.15, 0.2) is 11.6 Å². The molecule has 0 aliphatic heterocycles. The molecule has 0 aromatic carbocycles. The van der Waals surface area contributed by atoms with Crippen molar-refractivity contribution in [2.24, 2.45) is 0 Å². The van der Waals surface area contributed by atoms with Crippen molar-refractivity contribution in [1.82, 2.24) is 19.2 Å². The molecule has 5 nitrogen and oxygen atoms in total. The lowest BCUT2D eigenvalue weighted by Crippen LogP contribution is -1.99. The minimum Gasteiger partial charge on any atom is -0.387 e. The fourth-order valence-electron chi connectivity index (χ4n) is 0.893. The van der Waals surface area contributed by atoms with E-state index in [-0.39, 0.29) is 0 Å². The van der Waals surface area contributed by atoms with E-state index < -0.39 is 6.10 Å². The summed E-state index contributed by atoms with van der Waals surface area (Å²) in [7, 11) is 0. The molecular weight excluding hydrogens is 208 g/mol. The molecule has 0 bridgehead atoms. The third-order valence-electron chi connectivity index (χ3n) is 1.51. The zero-order valence-corrected chi connectivity index (χ0v) is 8.12. The van der Waals surface area contributed by atoms with Crippen LogP contribution in [0.1, 0.15) is 16.7 Å². The second kappa shape index (κ2) is 3.86. The van der Waals surface area contributed by atoms with Gasteiger partial charge in [0.15, 0.2) is 0 Å². The molecule has 13 heavy (non-hydrogen) atoms. The molecule has 2 aromatic heterocycles. The predicted molar refractivity (Wildman–Crippen MR) is 48.5 cm³/mol. The number of rotatable bonds is 3. The molecule has 1 atom stereocenters. The van der Waals surface area contributed by atoms with Crippen LogP contribution in [0.25, 0.3) is 0 Å². The summed E-state index contributed by atoms with van der Waals surface area (Å²) >= 11 is 2.48. The second-order valence-corrected chi connectivity index (χ2v) is 3.86. The number of aromatic nitrogens is 4. The largest absolute Gasteiger partial charge is 0.387 e. The van der Waals surface area contributed by atoms with Gasteiger partial charge in [0.05, 0.1) is 22.9 Å². The van der Waals surface area contributed by atoms with E-state index in [9.17, 15) is 5.11 Å². The van der Waals surface area contributed by atoms with Gasteiger partial charge < -0.3 is 5.11 Å². The number of nitrogens with zero attached hydrogens (tertiary/aromatic N) is 4. The maximum Gasteiger partial charge on any atom is 0.0970 e. The summed E-state index contributed by atoms with van der Waals surface area (Å²) in [6, 6.07) is 0. The molecule has 68 valence electrons. The van der Waals surface area contributed by atoms with E-state index in [0.717, 1.165) is 10.6 Å². The van der Waals surface area contributed by atoms with Crippen molar-refractivity contribution >= 4 is 23.1 Å². The van der Waals surface area contributed by atoms with Crippen molar-refractivity contribution in [3.8, 4) is 0 Å². The van der Waals surface area contributed by atoms with Crippen molar-refractivity contribution < 1.29 is 5.11 Å². The lowest BCUT2D eigenvalue weighted by molar-refractivity contribution is 0.181. The Morgan fingerprint density at radius 3 is 3.00 bits per heavy atom. The molecule has 2 aromatic rings. The smallest absolute Gasteiger partial charge is 0.0970 e. The maximum absolute atomic E-state index is 9.65. The minimum atomic E-state index is -0.566. The van der Waals surface area contributed by atoms with Gasteiger partial charge in [0, 0.05) is 11.8 Å². The van der Waals surface area contributed by atoms with Gasteiger partial charge in [-0.3, -0.25) is 0 Å². The summed E-state index contributed by atoms with van der Waals surface area (Å²) in [4.78, 5) is 0.757. The van der Waals surface area contributed by atoms with Crippen molar-refractivity contribution in [2.75, 3.05) is 0 Å². The highest BCUT2D eigenvalue weighted by Crippen LogP contribution is 2.19. The molecule has 0 amide bonds. The molecule has 0 fully saturated rings. The molecule has 0 aliphatic rings. The molecule has 0 aliphatic carbocycles. The fraction of sp³-hybridized carbons (Fsp3) is 0.333. The quantitative estimate of drug-likeness (QED) is 0.812. The fourth-order valence-corrected chi connectivity index (χ4v) is 1.85. The second-order valence-electron chi connectivity index (χ2n) is 2.44. The number of hydrogen-bond acceptors (Lipinski definition) is 7. The summed E-state index contributed by atoms with van der Waals surface area (Å²) < 4.78 is 7.38. The van der Waals surface area contributed by atoms with Crippen LogP contribution in [0.4, 0.5) is 0 Å². The molecule has 0 radical (unpaired) electrons. The van der Waals surface area contributed by atoms with E-state index in [1.807, 2.05) is 5.38 Å². The summed E-state index contributed by atoms with van der Waals surface area (Å²) in [6.07, 6.45) is 1.47. The summed E-state index contributed by atoms with van der Waals surface area (Å²) in [5, 5.41) is 19.0. The monoisotopic (exact) mass is 214 g/mol. The standard InChI is InChI=1S/C6H6N4OS2/c11-5(6-2-7-9-13-6)1-4-3-12-10-8-4/h2-3,5,11H,1H2. The maximum atomic E-state index is 9.65. The highest BCUT2D eigenvalue weighted by atomic mass is 32.1. The Morgan fingerprint density at radius 1 is 1.46 bits per heavy atom. The average Bonchev–Trinajstić information content (AvgIpc) is 2.74. The molecule has 1 unspecified atom stereocenters. The Morgan fingerprint density at radius 2 is 2.38 bits per heavy atom. The first-order valence-electron chi connectivity index (χ1n) is 3.57. The van der Waals surface area contributed by atoms with Crippen molar-refractivity contribution in [2.45, 2.75) is 12.5 Å². The van der Waals surface area contributed by atoms with E-state index in [0.29, 0.717) is 6.42 Å². The van der Waals surface area contributed by atoms with Crippen LogP contribution in [0.2, 0.25) is 0 Å². The van der Waals surface area contributed by atoms with Crippen molar-refractivity contribution in [1.29, 1.82) is 0 Å². The summed E-state index contributed by atoms with van der Waals surface area (Å²) in [5.41, 5.74) is 0.797. The van der Waals surface area contributed by atoms with Gasteiger partial charge in [0.2, 0.25) is 0 Å². The number of aliphatic hydroxyl groups is 1. The van der Waals surface area contributed by atoms with E-state index >= 15 is 0 Å². The van der Waals surface area contributed by atoms with E-state index in [4.69, 9.17) is 0 Å². The van der Waals surface area contributed by atoms with Crippen LogP contribution in [-0.2, 0) is 6.42 Å². The molecule has 2 heterocycles. The van der Waals surface area contributed by atoms with Crippen LogP contribution in [0, 0.1) is 0 Å². The van der Waals surface area contributed by atoms with Gasteiger partial charge in [0.1, 0.15) is 0 Å². The molecule has 0 spiro atoms. The van der Waals surface area contributed by atoms with Gasteiger partial charge in [-0.25, -0.2) is 0 Å². The van der Waals surface area contributed by atoms with Gasteiger partial charge in [-0.2, -0.15) is 0 Å². The molecule has 0 saturated carbocycles. The topological polar surface area (TPSA) is 71.8 Å². The first-order chi connectivity index (χ1) is 6.36. The van der Waals surface area contributed by atoms with Crippen molar-refractivity contribution in [3.05, 3.63) is 22.1 Å². The lowest BCUT2D eigenvalue weighted by Gasteiger charge is -2.02. The van der Waals surface area contributed by atoms with Crippen LogP contribution in [-0.4, -0.2) is 24.3 Å². The van der Waals surface area contributed by atoms with Gasteiger partial charge in [0.25, 0.3) is 0 Å². The first kappa shape index (κ1) is 8.67. The molecule has 1 N–H and O–H groups in total. The number of aliphatic hydroxyl groups excluding tert-OH is 1. The van der Waals surface area contributed by atoms with Crippen LogP contribution >= 0.6 is 23.1 Å². The van der Waals surface area contributed by atoms with E-state index in [2.05, 4.69) is 19.2 Å². The van der Waals surface area contributed by atoms with Crippen LogP contribution < -0.4 is 0 Å². The predicted octanol–water partition coefficient (Wildman–Crippen LogP) is 0.666. The Balaban J connectivity index is 2.04. The summed E-state index contributed by atoms with van der Waals surface area (Å²) in [5.74, 6) is 0. The third-order valence-corrected chi connectivity index (χ3v) is 2.83. The van der Waals surface area contributed by atoms with Gasteiger partial charge in [-0.15, -0.1) is 10.2 Å². The summed E-state index contributed by atoms with van der Waals surface area (Å²) in [6.45, 7) is 0. The normalized spacial score (nSPS) is 13.0. The van der Waals surface area contributed by atoms with Crippen LogP contribution in [0.3, 0.4) is 0 Å². The first-order valence-corrected chi connectivity index (χ1v) is 5.18. The molecule has 0 saturated heterocycles. The lowest BCUT2D eigenvalue weighted by atomic mass is 10.2. The molecule has 7 heteroatoms. The van der Waals surface area contributed by atoms with E-state index in [1.54, 1.807) is 6.20 Å². The van der Waals surface area contributed by atoms with Gasteiger partial charge in [-0.05, 0) is 23.1 Å². The van der Waals surface area contributed by atoms with Crippen molar-refractivity contribution in [3.63, 3.8) is 0 Å². The Bertz CT molecular complexity index is 347. The Kier molecular flexibility index (Phi) is 2.57. The van der Waals surface area contributed by atoms with Gasteiger partial charge >= 0.3 is 0 Å². The zero-order valence-electron chi connectivity index (χ0n) is 6.49. The SMILES string of the molecule is OC(Cc1csnn1)c1cnns1. The minimum absolute atomic E-state index is 0.473. The Hall–Kier alpha value is -0.920. The highest BCUT2D eigenvalue weighted by molar-refractivity contribution is 7.05. The highest BCUT2D eigenvalue weighted by Gasteiger charge is 2.12. The molecule has 2 rings (SSSR count). The average molecular weight is 214 g/mol. The van der Waals surface area contributed by atoms with E-state index in [1.165, 1.54) is 23.1 Å². The Labute approximate surface area is 82.4 Å². The molecular formula is C6H6N4OS2. The van der Waals surface area contributed by atoms with Gasteiger partial charge in [-0.1, -0.05) is 8.98 Å².